The Bertz CT molecular complexity index is 443. The predicted octanol–water partition coefficient (Wildman–Crippen LogP) is 2.67. The number of ether oxygens (including phenoxy) is 1. The van der Waals surface area contributed by atoms with E-state index in [1.165, 1.54) is 0 Å². The molecule has 0 aliphatic rings. The van der Waals surface area contributed by atoms with Crippen LogP contribution in [0.3, 0.4) is 0 Å². The van der Waals surface area contributed by atoms with Crippen LogP contribution >= 0.6 is 0 Å². The molecule has 0 aliphatic carbocycles. The van der Waals surface area contributed by atoms with Crippen molar-refractivity contribution < 1.29 is 9.84 Å². The van der Waals surface area contributed by atoms with Crippen molar-refractivity contribution in [3.8, 4) is 11.8 Å². The molecule has 1 aromatic carbocycles. The van der Waals surface area contributed by atoms with Gasteiger partial charge in [-0.1, -0.05) is 20.8 Å². The largest absolute Gasteiger partial charge is 0.492 e. The van der Waals surface area contributed by atoms with Crippen LogP contribution in [0.4, 0.5) is 0 Å². The van der Waals surface area contributed by atoms with Crippen molar-refractivity contribution in [2.75, 3.05) is 32.8 Å². The minimum atomic E-state index is 0.219. The third-order valence-electron chi connectivity index (χ3n) is 2.99. The average Bonchev–Trinajstić information content (AvgIpc) is 2.44. The van der Waals surface area contributed by atoms with Crippen LogP contribution in [-0.2, 0) is 0 Å². The van der Waals surface area contributed by atoms with Crippen molar-refractivity contribution in [3.05, 3.63) is 29.8 Å². The minimum Gasteiger partial charge on any atom is -0.492 e. The lowest BCUT2D eigenvalue weighted by Crippen LogP contribution is -2.36. The maximum absolute atomic E-state index is 8.98. The van der Waals surface area contributed by atoms with E-state index in [9.17, 15) is 0 Å². The van der Waals surface area contributed by atoms with E-state index >= 15 is 0 Å². The normalized spacial score (nSPS) is 11.4. The van der Waals surface area contributed by atoms with Crippen LogP contribution in [0.5, 0.6) is 5.75 Å². The Balaban J connectivity index is 2.42. The van der Waals surface area contributed by atoms with E-state index in [1.54, 1.807) is 12.1 Å². The summed E-state index contributed by atoms with van der Waals surface area (Å²) in [5.74, 6) is 0.784. The van der Waals surface area contributed by atoms with Gasteiger partial charge in [0.1, 0.15) is 12.4 Å². The van der Waals surface area contributed by atoms with Crippen molar-refractivity contribution in [2.45, 2.75) is 27.2 Å². The number of aliphatic hydroxyl groups excluding tert-OH is 1. The molecular formula is C17H26N2O2. The third-order valence-corrected chi connectivity index (χ3v) is 2.99. The molecule has 0 bridgehead atoms. The Morgan fingerprint density at radius 2 is 1.86 bits per heavy atom. The molecular weight excluding hydrogens is 264 g/mol. The highest BCUT2D eigenvalue weighted by Crippen LogP contribution is 2.16. The molecule has 116 valence electrons. The number of hydrogen-bond acceptors (Lipinski definition) is 4. The first-order chi connectivity index (χ1) is 9.94. The van der Waals surface area contributed by atoms with E-state index in [1.807, 2.05) is 12.1 Å². The van der Waals surface area contributed by atoms with Gasteiger partial charge in [0.05, 0.1) is 11.6 Å². The molecule has 1 N–H and O–H groups in total. The Labute approximate surface area is 128 Å². The van der Waals surface area contributed by atoms with E-state index < -0.39 is 0 Å². The molecule has 0 fully saturated rings. The zero-order chi connectivity index (χ0) is 15.7. The Kier molecular flexibility index (Phi) is 7.21. The van der Waals surface area contributed by atoms with Crippen LogP contribution in [0.2, 0.25) is 0 Å². The SMILES string of the molecule is CC(C)(C)CN(CCCO)CCOc1ccc(C#N)cc1. The number of rotatable bonds is 8. The molecule has 4 nitrogen and oxygen atoms in total. The maximum Gasteiger partial charge on any atom is 0.119 e. The van der Waals surface area contributed by atoms with Gasteiger partial charge in [-0.05, 0) is 36.1 Å². The molecule has 4 heteroatoms. The number of nitriles is 1. The summed E-state index contributed by atoms with van der Waals surface area (Å²) in [6, 6.07) is 9.25. The fourth-order valence-electron chi connectivity index (χ4n) is 2.15. The maximum atomic E-state index is 8.98. The second-order valence-electron chi connectivity index (χ2n) is 6.40. The second-order valence-corrected chi connectivity index (χ2v) is 6.40. The molecule has 0 saturated heterocycles. The van der Waals surface area contributed by atoms with Gasteiger partial charge in [0.2, 0.25) is 0 Å². The molecule has 1 rings (SSSR count). The second kappa shape index (κ2) is 8.66. The van der Waals surface area contributed by atoms with Gasteiger partial charge >= 0.3 is 0 Å². The van der Waals surface area contributed by atoms with Gasteiger partial charge in [0, 0.05) is 26.2 Å². The van der Waals surface area contributed by atoms with Gasteiger partial charge < -0.3 is 9.84 Å². The van der Waals surface area contributed by atoms with Crippen LogP contribution in [0, 0.1) is 16.7 Å². The van der Waals surface area contributed by atoms with Gasteiger partial charge in [0.15, 0.2) is 0 Å². The Morgan fingerprint density at radius 1 is 1.19 bits per heavy atom. The summed E-state index contributed by atoms with van der Waals surface area (Å²) in [6.45, 7) is 10.1. The highest BCUT2D eigenvalue weighted by atomic mass is 16.5. The monoisotopic (exact) mass is 290 g/mol. The van der Waals surface area contributed by atoms with Gasteiger partial charge in [-0.2, -0.15) is 5.26 Å². The van der Waals surface area contributed by atoms with Crippen LogP contribution < -0.4 is 4.74 Å². The van der Waals surface area contributed by atoms with Crippen LogP contribution in [0.15, 0.2) is 24.3 Å². The predicted molar refractivity (Wildman–Crippen MR) is 84.2 cm³/mol. The highest BCUT2D eigenvalue weighted by molar-refractivity contribution is 5.34. The summed E-state index contributed by atoms with van der Waals surface area (Å²) in [7, 11) is 0. The lowest BCUT2D eigenvalue weighted by molar-refractivity contribution is 0.147. The summed E-state index contributed by atoms with van der Waals surface area (Å²) < 4.78 is 5.72. The topological polar surface area (TPSA) is 56.5 Å². The first-order valence-electron chi connectivity index (χ1n) is 7.41. The summed E-state index contributed by atoms with van der Waals surface area (Å²) in [5.41, 5.74) is 0.865. The quantitative estimate of drug-likeness (QED) is 0.799. The summed E-state index contributed by atoms with van der Waals surface area (Å²) in [6.07, 6.45) is 0.785. The number of aliphatic hydroxyl groups is 1. The lowest BCUT2D eigenvalue weighted by Gasteiger charge is -2.29. The smallest absolute Gasteiger partial charge is 0.119 e. The molecule has 0 heterocycles. The van der Waals surface area contributed by atoms with E-state index in [0.29, 0.717) is 12.2 Å². The Hall–Kier alpha value is -1.57. The van der Waals surface area contributed by atoms with Gasteiger partial charge in [0.25, 0.3) is 0 Å². The third kappa shape index (κ3) is 7.69. The fraction of sp³-hybridized carbons (Fsp3) is 0.588. The Morgan fingerprint density at radius 3 is 2.38 bits per heavy atom. The molecule has 1 aromatic rings. The first-order valence-corrected chi connectivity index (χ1v) is 7.41. The number of benzene rings is 1. The zero-order valence-corrected chi connectivity index (χ0v) is 13.3. The van der Waals surface area contributed by atoms with Crippen molar-refractivity contribution in [1.82, 2.24) is 4.90 Å². The van der Waals surface area contributed by atoms with E-state index in [-0.39, 0.29) is 12.0 Å². The molecule has 0 radical (unpaired) electrons. The van der Waals surface area contributed by atoms with Crippen molar-refractivity contribution in [2.24, 2.45) is 5.41 Å². The van der Waals surface area contributed by atoms with Gasteiger partial charge in [-0.3, -0.25) is 4.90 Å². The highest BCUT2D eigenvalue weighted by Gasteiger charge is 2.16. The van der Waals surface area contributed by atoms with E-state index in [0.717, 1.165) is 31.8 Å². The van der Waals surface area contributed by atoms with Crippen LogP contribution in [0.1, 0.15) is 32.8 Å². The molecule has 0 unspecified atom stereocenters. The molecule has 0 aliphatic heterocycles. The number of nitrogens with zero attached hydrogens (tertiary/aromatic N) is 2. The molecule has 0 spiro atoms. The van der Waals surface area contributed by atoms with Gasteiger partial charge in [-0.15, -0.1) is 0 Å². The fourth-order valence-corrected chi connectivity index (χ4v) is 2.15. The standard InChI is InChI=1S/C17H26N2O2/c1-17(2,3)14-19(9-4-11-20)10-12-21-16-7-5-15(13-18)6-8-16/h5-8,20H,4,9-12,14H2,1-3H3. The molecule has 0 saturated carbocycles. The van der Waals surface area contributed by atoms with Crippen molar-refractivity contribution in [3.63, 3.8) is 0 Å². The molecule has 0 atom stereocenters. The summed E-state index contributed by atoms with van der Waals surface area (Å²) >= 11 is 0. The molecule has 0 aromatic heterocycles. The molecule has 21 heavy (non-hydrogen) atoms. The van der Waals surface area contributed by atoms with Crippen LogP contribution in [-0.4, -0.2) is 42.9 Å². The van der Waals surface area contributed by atoms with E-state index in [4.69, 9.17) is 15.1 Å². The first kappa shape index (κ1) is 17.5. The van der Waals surface area contributed by atoms with Crippen molar-refractivity contribution in [1.29, 1.82) is 5.26 Å². The summed E-state index contributed by atoms with van der Waals surface area (Å²) in [4.78, 5) is 2.32. The lowest BCUT2D eigenvalue weighted by atomic mass is 9.96. The average molecular weight is 290 g/mol. The van der Waals surface area contributed by atoms with Gasteiger partial charge in [-0.25, -0.2) is 0 Å². The van der Waals surface area contributed by atoms with Crippen molar-refractivity contribution >= 4 is 0 Å². The van der Waals surface area contributed by atoms with Crippen LogP contribution in [0.25, 0.3) is 0 Å². The zero-order valence-electron chi connectivity index (χ0n) is 13.3. The minimum absolute atomic E-state index is 0.219. The van der Waals surface area contributed by atoms with E-state index in [2.05, 4.69) is 31.7 Å². The number of hydrogen-bond donors (Lipinski definition) is 1. The summed E-state index contributed by atoms with van der Waals surface area (Å²) in [5, 5.41) is 17.7. The molecule has 0 amide bonds.